The quantitative estimate of drug-likeness (QED) is 0.464. The van der Waals surface area contributed by atoms with Gasteiger partial charge in [0.05, 0.1) is 17.9 Å². The Kier molecular flexibility index (Phi) is 7.22. The van der Waals surface area contributed by atoms with Crippen molar-refractivity contribution in [3.8, 4) is 6.07 Å². The summed E-state index contributed by atoms with van der Waals surface area (Å²) in [6.45, 7) is 4.13. The normalized spacial score (nSPS) is 20.0. The molecule has 1 aliphatic rings. The number of esters is 1. The lowest BCUT2D eigenvalue weighted by molar-refractivity contribution is -0.112. The third kappa shape index (κ3) is 5.09. The zero-order chi connectivity index (χ0) is 18.9. The first-order valence-corrected chi connectivity index (χ1v) is 9.00. The fourth-order valence-electron chi connectivity index (χ4n) is 3.07. The van der Waals surface area contributed by atoms with Gasteiger partial charge in [-0.25, -0.2) is 4.79 Å². The lowest BCUT2D eigenvalue weighted by atomic mass is 9.86. The Morgan fingerprint density at radius 1 is 1.31 bits per heavy atom. The molecule has 1 fully saturated rings. The van der Waals surface area contributed by atoms with Gasteiger partial charge in [0.15, 0.2) is 0 Å². The smallest absolute Gasteiger partial charge is 0.340 e. The van der Waals surface area contributed by atoms with Gasteiger partial charge in [-0.2, -0.15) is 5.26 Å². The van der Waals surface area contributed by atoms with E-state index in [2.05, 4.69) is 17.6 Å². The van der Waals surface area contributed by atoms with E-state index in [1.165, 1.54) is 12.6 Å². The summed E-state index contributed by atoms with van der Waals surface area (Å²) >= 11 is 0. The third-order valence-corrected chi connectivity index (χ3v) is 4.59. The molecule has 2 N–H and O–H groups in total. The van der Waals surface area contributed by atoms with Gasteiger partial charge in [0.2, 0.25) is 0 Å². The van der Waals surface area contributed by atoms with E-state index in [0.717, 1.165) is 19.3 Å². The summed E-state index contributed by atoms with van der Waals surface area (Å²) in [6.07, 6.45) is 6.03. The standard InChI is InChI=1S/C20H25N3O3/c1-3-26-20(25)16-9-5-7-11-18(16)23-19(24)15(12-21)13-22-17-10-6-4-8-14(17)2/h5,7,9,11,13-14,17,22H,3-4,6,8,10H2,1-2H3,(H,23,24)/b15-13-. The molecule has 1 aromatic rings. The number of nitrogens with one attached hydrogen (secondary N) is 2. The molecular formula is C20H25N3O3. The molecule has 1 saturated carbocycles. The summed E-state index contributed by atoms with van der Waals surface area (Å²) in [4.78, 5) is 24.4. The molecule has 1 aromatic carbocycles. The Balaban J connectivity index is 2.09. The molecule has 0 heterocycles. The van der Waals surface area contributed by atoms with E-state index in [0.29, 0.717) is 11.6 Å². The van der Waals surface area contributed by atoms with Gasteiger partial charge < -0.3 is 15.4 Å². The van der Waals surface area contributed by atoms with Crippen LogP contribution in [0.1, 0.15) is 49.9 Å². The number of anilines is 1. The van der Waals surface area contributed by atoms with E-state index in [4.69, 9.17) is 4.74 Å². The maximum atomic E-state index is 12.4. The predicted molar refractivity (Wildman–Crippen MR) is 99.3 cm³/mol. The summed E-state index contributed by atoms with van der Waals surface area (Å²) in [7, 11) is 0. The monoisotopic (exact) mass is 355 g/mol. The molecular weight excluding hydrogens is 330 g/mol. The van der Waals surface area contributed by atoms with Gasteiger partial charge in [0, 0.05) is 12.2 Å². The van der Waals surface area contributed by atoms with Crippen LogP contribution in [0.3, 0.4) is 0 Å². The minimum absolute atomic E-state index is 0.0264. The van der Waals surface area contributed by atoms with E-state index < -0.39 is 11.9 Å². The van der Waals surface area contributed by atoms with E-state index in [1.54, 1.807) is 31.2 Å². The predicted octanol–water partition coefficient (Wildman–Crippen LogP) is 3.38. The number of hydrogen-bond acceptors (Lipinski definition) is 5. The molecule has 1 amide bonds. The van der Waals surface area contributed by atoms with Crippen LogP contribution in [0.15, 0.2) is 36.0 Å². The lowest BCUT2D eigenvalue weighted by Gasteiger charge is -2.29. The molecule has 0 aliphatic heterocycles. The second-order valence-electron chi connectivity index (χ2n) is 6.42. The fraction of sp³-hybridized carbons (Fsp3) is 0.450. The number of carbonyl (C=O) groups is 2. The van der Waals surface area contributed by atoms with Crippen molar-refractivity contribution >= 4 is 17.6 Å². The van der Waals surface area contributed by atoms with E-state index in [9.17, 15) is 14.9 Å². The van der Waals surface area contributed by atoms with Crippen molar-refractivity contribution in [2.45, 2.75) is 45.6 Å². The van der Waals surface area contributed by atoms with Gasteiger partial charge in [-0.15, -0.1) is 0 Å². The van der Waals surface area contributed by atoms with Crippen molar-refractivity contribution in [1.82, 2.24) is 5.32 Å². The molecule has 0 spiro atoms. The van der Waals surface area contributed by atoms with Gasteiger partial charge in [-0.1, -0.05) is 31.9 Å². The van der Waals surface area contributed by atoms with E-state index in [-0.39, 0.29) is 23.8 Å². The Bertz CT molecular complexity index is 721. The van der Waals surface area contributed by atoms with Gasteiger partial charge in [-0.3, -0.25) is 4.79 Å². The zero-order valence-corrected chi connectivity index (χ0v) is 15.2. The SMILES string of the molecule is CCOC(=O)c1ccccc1NC(=O)/C(C#N)=C\NC1CCCCC1C. The molecule has 0 aromatic heterocycles. The summed E-state index contributed by atoms with van der Waals surface area (Å²) in [5, 5.41) is 15.2. The number of benzene rings is 1. The van der Waals surface area contributed by atoms with Crippen molar-refractivity contribution in [3.63, 3.8) is 0 Å². The second kappa shape index (κ2) is 9.62. The van der Waals surface area contributed by atoms with Gasteiger partial charge in [-0.05, 0) is 37.8 Å². The number of nitrogens with zero attached hydrogens (tertiary/aromatic N) is 1. The largest absolute Gasteiger partial charge is 0.462 e. The molecule has 0 bridgehead atoms. The molecule has 6 nitrogen and oxygen atoms in total. The Morgan fingerprint density at radius 3 is 2.73 bits per heavy atom. The fourth-order valence-corrected chi connectivity index (χ4v) is 3.07. The Labute approximate surface area is 154 Å². The molecule has 1 aliphatic carbocycles. The van der Waals surface area contributed by atoms with Crippen molar-refractivity contribution in [2.24, 2.45) is 5.92 Å². The van der Waals surface area contributed by atoms with Gasteiger partial charge >= 0.3 is 5.97 Å². The highest BCUT2D eigenvalue weighted by Crippen LogP contribution is 2.24. The molecule has 26 heavy (non-hydrogen) atoms. The minimum Gasteiger partial charge on any atom is -0.462 e. The number of nitriles is 1. The van der Waals surface area contributed by atoms with Crippen LogP contribution in [0, 0.1) is 17.2 Å². The first kappa shape index (κ1) is 19.5. The number of ether oxygens (including phenoxy) is 1. The van der Waals surface area contributed by atoms with Crippen LogP contribution in [0.25, 0.3) is 0 Å². The molecule has 0 radical (unpaired) electrons. The van der Waals surface area contributed by atoms with Gasteiger partial charge in [0.25, 0.3) is 5.91 Å². The van der Waals surface area contributed by atoms with Crippen LogP contribution in [-0.4, -0.2) is 24.5 Å². The maximum absolute atomic E-state index is 12.4. The summed E-state index contributed by atoms with van der Waals surface area (Å²) in [6, 6.07) is 8.77. The van der Waals surface area contributed by atoms with Crippen LogP contribution in [0.5, 0.6) is 0 Å². The average Bonchev–Trinajstić information content (AvgIpc) is 2.64. The third-order valence-electron chi connectivity index (χ3n) is 4.59. The van der Waals surface area contributed by atoms with Crippen LogP contribution in [0.4, 0.5) is 5.69 Å². The minimum atomic E-state index is -0.555. The summed E-state index contributed by atoms with van der Waals surface area (Å²) in [5.41, 5.74) is 0.554. The molecule has 0 saturated heterocycles. The second-order valence-corrected chi connectivity index (χ2v) is 6.42. The first-order valence-electron chi connectivity index (χ1n) is 9.00. The highest BCUT2D eigenvalue weighted by Gasteiger charge is 2.21. The van der Waals surface area contributed by atoms with Crippen LogP contribution in [-0.2, 0) is 9.53 Å². The lowest BCUT2D eigenvalue weighted by Crippen LogP contribution is -2.34. The first-order chi connectivity index (χ1) is 12.6. The van der Waals surface area contributed by atoms with E-state index >= 15 is 0 Å². The topological polar surface area (TPSA) is 91.2 Å². The number of rotatable bonds is 6. The molecule has 6 heteroatoms. The van der Waals surface area contributed by atoms with Crippen LogP contribution >= 0.6 is 0 Å². The van der Waals surface area contributed by atoms with Crippen molar-refractivity contribution < 1.29 is 14.3 Å². The van der Waals surface area contributed by atoms with Crippen molar-refractivity contribution in [1.29, 1.82) is 5.26 Å². The van der Waals surface area contributed by atoms with Crippen molar-refractivity contribution in [3.05, 3.63) is 41.6 Å². The Morgan fingerprint density at radius 2 is 2.04 bits per heavy atom. The number of carbonyl (C=O) groups excluding carboxylic acids is 2. The highest BCUT2D eigenvalue weighted by molar-refractivity contribution is 6.09. The molecule has 2 rings (SSSR count). The van der Waals surface area contributed by atoms with Crippen LogP contribution < -0.4 is 10.6 Å². The average molecular weight is 355 g/mol. The van der Waals surface area contributed by atoms with E-state index in [1.807, 2.05) is 6.07 Å². The number of amides is 1. The van der Waals surface area contributed by atoms with Crippen molar-refractivity contribution in [2.75, 3.05) is 11.9 Å². The molecule has 2 unspecified atom stereocenters. The van der Waals surface area contributed by atoms with Gasteiger partial charge in [0.1, 0.15) is 11.6 Å². The zero-order valence-electron chi connectivity index (χ0n) is 15.2. The van der Waals surface area contributed by atoms with Crippen LogP contribution in [0.2, 0.25) is 0 Å². The number of hydrogen-bond donors (Lipinski definition) is 2. The highest BCUT2D eigenvalue weighted by atomic mass is 16.5. The molecule has 138 valence electrons. The summed E-state index contributed by atoms with van der Waals surface area (Å²) < 4.78 is 4.99. The summed E-state index contributed by atoms with van der Waals surface area (Å²) in [5.74, 6) is -0.562. The maximum Gasteiger partial charge on any atom is 0.340 e. The number of para-hydroxylation sites is 1. The molecule has 2 atom stereocenters. The Hall–Kier alpha value is -2.81.